The summed E-state index contributed by atoms with van der Waals surface area (Å²) in [6, 6.07) is 9.32. The second-order valence-electron chi connectivity index (χ2n) is 4.43. The van der Waals surface area contributed by atoms with Crippen molar-refractivity contribution >= 4 is 32.9 Å². The van der Waals surface area contributed by atoms with Crippen LogP contribution in [0.15, 0.2) is 41.3 Å². The first-order valence-electron chi connectivity index (χ1n) is 5.76. The van der Waals surface area contributed by atoms with E-state index < -0.39 is 10.1 Å². The van der Waals surface area contributed by atoms with E-state index >= 15 is 0 Å². The van der Waals surface area contributed by atoms with Crippen molar-refractivity contribution in [2.75, 3.05) is 16.8 Å². The molecule has 0 aliphatic rings. The van der Waals surface area contributed by atoms with E-state index in [-0.39, 0.29) is 40.1 Å². The third-order valence-corrected chi connectivity index (χ3v) is 3.63. The molecule has 0 bridgehead atoms. The maximum absolute atomic E-state index is 11.3. The molecule has 0 spiro atoms. The summed E-state index contributed by atoms with van der Waals surface area (Å²) in [6.45, 7) is 1.70. The zero-order valence-corrected chi connectivity index (χ0v) is 14.6. The molecule has 106 valence electrons. The van der Waals surface area contributed by atoms with Crippen molar-refractivity contribution in [1.29, 1.82) is 0 Å². The topological polar surface area (TPSA) is 121 Å². The van der Waals surface area contributed by atoms with Crippen molar-refractivity contribution < 1.29 is 42.5 Å². The predicted molar refractivity (Wildman–Crippen MR) is 77.7 cm³/mol. The minimum atomic E-state index is -4.58. The van der Waals surface area contributed by atoms with Crippen molar-refractivity contribution in [3.63, 3.8) is 0 Å². The first-order valence-corrected chi connectivity index (χ1v) is 7.17. The molecule has 0 radical (unpaired) electrons. The molecule has 2 aromatic carbocycles. The largest absolute Gasteiger partial charge is 1.00 e. The smallest absolute Gasteiger partial charge is 0.744 e. The Bertz CT molecular complexity index is 763. The average Bonchev–Trinajstić information content (AvgIpc) is 2.33. The normalized spacial score (nSPS) is 10.8. The van der Waals surface area contributed by atoms with Crippen LogP contribution in [0.2, 0.25) is 0 Å². The molecule has 0 aliphatic heterocycles. The molecule has 2 aromatic rings. The monoisotopic (exact) mass is 315 g/mol. The summed E-state index contributed by atoms with van der Waals surface area (Å²) in [4.78, 5) is -0.311. The molecule has 0 amide bonds. The van der Waals surface area contributed by atoms with Crippen LogP contribution in [0.3, 0.4) is 0 Å². The summed E-state index contributed by atoms with van der Waals surface area (Å²) in [6.07, 6.45) is 0. The van der Waals surface area contributed by atoms with E-state index in [1.165, 1.54) is 12.1 Å². The third-order valence-electron chi connectivity index (χ3n) is 2.75. The molecular weight excluding hydrogens is 301 g/mol. The number of rotatable bonds is 3. The molecule has 6 nitrogen and oxygen atoms in total. The maximum atomic E-state index is 11.3. The number of hydrogen-bond donors (Lipinski definition) is 3. The summed E-state index contributed by atoms with van der Waals surface area (Å²) >= 11 is 0. The number of anilines is 4. The van der Waals surface area contributed by atoms with Gasteiger partial charge in [-0.1, -0.05) is 6.07 Å². The maximum Gasteiger partial charge on any atom is 1.00 e. The zero-order valence-electron chi connectivity index (χ0n) is 11.8. The first kappa shape index (κ1) is 17.8. The van der Waals surface area contributed by atoms with E-state index in [4.69, 9.17) is 11.5 Å². The van der Waals surface area contributed by atoms with Gasteiger partial charge in [0.2, 0.25) is 0 Å². The summed E-state index contributed by atoms with van der Waals surface area (Å²) in [5.41, 5.74) is 13.6. The second-order valence-corrected chi connectivity index (χ2v) is 5.77. The van der Waals surface area contributed by atoms with Crippen molar-refractivity contribution in [3.8, 4) is 0 Å². The molecule has 5 N–H and O–H groups in total. The zero-order chi connectivity index (χ0) is 14.9. The molecule has 0 saturated carbocycles. The SMILES string of the molecule is Cc1ccc(Nc2ccc(N)cc2N)c(S(=O)(=O)[O-])c1.[Na+]. The Morgan fingerprint density at radius 3 is 2.24 bits per heavy atom. The van der Waals surface area contributed by atoms with Gasteiger partial charge >= 0.3 is 29.6 Å². The standard InChI is InChI=1S/C13H15N3O3S.Na/c1-8-2-4-12(13(6-8)20(17,18)19)16-11-5-3-9(14)7-10(11)15;/h2-7,16H,14-15H2,1H3,(H,17,18,19);/q;+1/p-1. The van der Waals surface area contributed by atoms with Crippen LogP contribution in [-0.4, -0.2) is 13.0 Å². The van der Waals surface area contributed by atoms with Gasteiger partial charge < -0.3 is 21.3 Å². The van der Waals surface area contributed by atoms with E-state index in [0.717, 1.165) is 0 Å². The minimum absolute atomic E-state index is 0. The third kappa shape index (κ3) is 4.36. The van der Waals surface area contributed by atoms with Crippen LogP contribution < -0.4 is 46.3 Å². The molecule has 2 rings (SSSR count). The number of nitrogens with one attached hydrogen (secondary N) is 1. The Morgan fingerprint density at radius 1 is 1.05 bits per heavy atom. The Morgan fingerprint density at radius 2 is 1.67 bits per heavy atom. The first-order chi connectivity index (χ1) is 9.27. The average molecular weight is 315 g/mol. The Kier molecular flexibility index (Phi) is 5.66. The van der Waals surface area contributed by atoms with Crippen LogP contribution in [0.1, 0.15) is 5.56 Å². The molecule has 8 heteroatoms. The molecular formula is C13H14N3NaO3S. The molecule has 0 unspecified atom stereocenters. The molecule has 0 saturated heterocycles. The van der Waals surface area contributed by atoms with E-state index in [2.05, 4.69) is 5.32 Å². The van der Waals surface area contributed by atoms with Gasteiger partial charge in [0.15, 0.2) is 0 Å². The van der Waals surface area contributed by atoms with Crippen LogP contribution in [0, 0.1) is 6.92 Å². The van der Waals surface area contributed by atoms with Gasteiger partial charge in [-0.15, -0.1) is 0 Å². The van der Waals surface area contributed by atoms with Gasteiger partial charge in [-0.3, -0.25) is 0 Å². The van der Waals surface area contributed by atoms with E-state index in [1.807, 2.05) is 0 Å². The second kappa shape index (κ2) is 6.67. The fourth-order valence-electron chi connectivity index (χ4n) is 1.78. The van der Waals surface area contributed by atoms with Crippen LogP contribution >= 0.6 is 0 Å². The molecule has 0 aromatic heterocycles. The van der Waals surface area contributed by atoms with E-state index in [1.54, 1.807) is 31.2 Å². The van der Waals surface area contributed by atoms with E-state index in [0.29, 0.717) is 22.6 Å². The summed E-state index contributed by atoms with van der Waals surface area (Å²) in [5, 5.41) is 2.84. The quantitative estimate of drug-likeness (QED) is 0.372. The number of hydrogen-bond acceptors (Lipinski definition) is 6. The van der Waals surface area contributed by atoms with Crippen molar-refractivity contribution in [1.82, 2.24) is 0 Å². The van der Waals surface area contributed by atoms with Crippen LogP contribution in [0.5, 0.6) is 0 Å². The number of nitrogens with two attached hydrogens (primary N) is 2. The number of benzene rings is 2. The van der Waals surface area contributed by atoms with Crippen molar-refractivity contribution in [2.24, 2.45) is 0 Å². The van der Waals surface area contributed by atoms with Gasteiger partial charge in [0, 0.05) is 5.69 Å². The van der Waals surface area contributed by atoms with Gasteiger partial charge in [-0.2, -0.15) is 0 Å². The minimum Gasteiger partial charge on any atom is -0.744 e. The van der Waals surface area contributed by atoms with Crippen molar-refractivity contribution in [2.45, 2.75) is 11.8 Å². The summed E-state index contributed by atoms with van der Waals surface area (Å²) in [5.74, 6) is 0. The van der Waals surface area contributed by atoms with Gasteiger partial charge in [-0.25, -0.2) is 8.42 Å². The van der Waals surface area contributed by atoms with Crippen molar-refractivity contribution in [3.05, 3.63) is 42.0 Å². The van der Waals surface area contributed by atoms with E-state index in [9.17, 15) is 13.0 Å². The van der Waals surface area contributed by atoms with Crippen LogP contribution in [0.25, 0.3) is 0 Å². The van der Waals surface area contributed by atoms with Crippen LogP contribution in [-0.2, 0) is 10.1 Å². The summed E-state index contributed by atoms with van der Waals surface area (Å²) < 4.78 is 33.9. The molecule has 0 aliphatic carbocycles. The number of nitrogen functional groups attached to an aromatic ring is 2. The summed E-state index contributed by atoms with van der Waals surface area (Å²) in [7, 11) is -4.58. The van der Waals surface area contributed by atoms with Gasteiger partial charge in [-0.05, 0) is 42.8 Å². The number of aryl methyl sites for hydroxylation is 1. The van der Waals surface area contributed by atoms with Gasteiger partial charge in [0.25, 0.3) is 0 Å². The fourth-order valence-corrected chi connectivity index (χ4v) is 2.50. The fraction of sp³-hybridized carbons (Fsp3) is 0.0769. The predicted octanol–water partition coefficient (Wildman–Crippen LogP) is -1.19. The van der Waals surface area contributed by atoms with Gasteiger partial charge in [0.1, 0.15) is 10.1 Å². The van der Waals surface area contributed by atoms with Crippen LogP contribution in [0.4, 0.5) is 22.7 Å². The molecule has 0 fully saturated rings. The Labute approximate surface area is 145 Å². The Balaban J connectivity index is 0.00000220. The molecule has 21 heavy (non-hydrogen) atoms. The molecule has 0 heterocycles. The molecule has 0 atom stereocenters. The van der Waals surface area contributed by atoms with Gasteiger partial charge in [0.05, 0.1) is 22.0 Å². The Hall–Kier alpha value is -1.25.